The molecule has 0 bridgehead atoms. The highest BCUT2D eigenvalue weighted by atomic mass is 19.4. The summed E-state index contributed by atoms with van der Waals surface area (Å²) in [6.07, 6.45) is -4.66. The summed E-state index contributed by atoms with van der Waals surface area (Å²) in [4.78, 5) is 3.27. The molecule has 0 amide bonds. The Kier molecular flexibility index (Phi) is 3.80. The van der Waals surface area contributed by atoms with Crippen LogP contribution >= 0.6 is 0 Å². The molecule has 0 saturated carbocycles. The van der Waals surface area contributed by atoms with E-state index in [1.165, 1.54) is 19.1 Å². The van der Waals surface area contributed by atoms with Gasteiger partial charge in [-0.1, -0.05) is 6.07 Å². The minimum atomic E-state index is -4.66. The third-order valence-electron chi connectivity index (χ3n) is 2.63. The second-order valence-corrected chi connectivity index (χ2v) is 4.17. The van der Waals surface area contributed by atoms with E-state index in [1.54, 1.807) is 6.07 Å². The second-order valence-electron chi connectivity index (χ2n) is 4.17. The molecule has 7 heteroatoms. The molecular weight excluding hydrogens is 288 g/mol. The molecule has 1 aromatic carbocycles. The number of hydrogen-bond acceptors (Lipinski definition) is 3. The van der Waals surface area contributed by atoms with Crippen LogP contribution in [0.1, 0.15) is 16.8 Å². The number of rotatable bonds is 2. The lowest BCUT2D eigenvalue weighted by atomic mass is 10.2. The molecule has 0 saturated heterocycles. The second kappa shape index (κ2) is 5.40. The van der Waals surface area contributed by atoms with Crippen LogP contribution in [0.15, 0.2) is 30.3 Å². The minimum absolute atomic E-state index is 0.0403. The van der Waals surface area contributed by atoms with Crippen molar-refractivity contribution in [2.45, 2.75) is 13.1 Å². The van der Waals surface area contributed by atoms with Gasteiger partial charge < -0.3 is 4.74 Å². The molecule has 0 unspecified atom stereocenters. The monoisotopic (exact) mass is 296 g/mol. The Balaban J connectivity index is 2.42. The van der Waals surface area contributed by atoms with Gasteiger partial charge in [-0.25, -0.2) is 9.37 Å². The van der Waals surface area contributed by atoms with Gasteiger partial charge in [-0.3, -0.25) is 0 Å². The number of benzene rings is 1. The molecule has 2 rings (SSSR count). The molecule has 0 spiro atoms. The molecule has 0 fully saturated rings. The Morgan fingerprint density at radius 1 is 1.19 bits per heavy atom. The molecule has 0 aliphatic heterocycles. The van der Waals surface area contributed by atoms with Crippen molar-refractivity contribution >= 4 is 0 Å². The van der Waals surface area contributed by atoms with Crippen molar-refractivity contribution in [2.75, 3.05) is 0 Å². The first-order valence-corrected chi connectivity index (χ1v) is 5.73. The van der Waals surface area contributed by atoms with Crippen LogP contribution in [0.3, 0.4) is 0 Å². The molecule has 0 aliphatic rings. The van der Waals surface area contributed by atoms with E-state index in [1.807, 2.05) is 0 Å². The molecule has 0 atom stereocenters. The van der Waals surface area contributed by atoms with Crippen molar-refractivity contribution in [1.82, 2.24) is 4.98 Å². The summed E-state index contributed by atoms with van der Waals surface area (Å²) in [5.41, 5.74) is -1.01. The van der Waals surface area contributed by atoms with Crippen LogP contribution < -0.4 is 4.74 Å². The van der Waals surface area contributed by atoms with E-state index < -0.39 is 23.6 Å². The van der Waals surface area contributed by atoms with E-state index in [4.69, 9.17) is 10.00 Å². The highest BCUT2D eigenvalue weighted by molar-refractivity contribution is 5.42. The zero-order chi connectivity index (χ0) is 15.6. The number of nitriles is 1. The van der Waals surface area contributed by atoms with Crippen molar-refractivity contribution < 1.29 is 22.3 Å². The van der Waals surface area contributed by atoms with Gasteiger partial charge in [0.25, 0.3) is 0 Å². The Morgan fingerprint density at radius 2 is 1.90 bits per heavy atom. The van der Waals surface area contributed by atoms with Gasteiger partial charge in [-0.2, -0.15) is 18.4 Å². The van der Waals surface area contributed by atoms with Gasteiger partial charge in [0.2, 0.25) is 5.88 Å². The smallest absolute Gasteiger partial charge is 0.433 e. The van der Waals surface area contributed by atoms with E-state index in [2.05, 4.69) is 4.98 Å². The number of halogens is 4. The molecule has 2 aromatic rings. The van der Waals surface area contributed by atoms with Crippen LogP contribution in [-0.4, -0.2) is 4.98 Å². The summed E-state index contributed by atoms with van der Waals surface area (Å²) in [6, 6.07) is 7.10. The van der Waals surface area contributed by atoms with Crippen molar-refractivity contribution in [3.8, 4) is 17.7 Å². The van der Waals surface area contributed by atoms with Crippen molar-refractivity contribution in [1.29, 1.82) is 5.26 Å². The van der Waals surface area contributed by atoms with Crippen molar-refractivity contribution in [2.24, 2.45) is 0 Å². The summed E-state index contributed by atoms with van der Waals surface area (Å²) in [5.74, 6) is -1.13. The zero-order valence-electron chi connectivity index (χ0n) is 10.7. The van der Waals surface area contributed by atoms with Gasteiger partial charge in [0, 0.05) is 6.07 Å². The number of aryl methyl sites for hydroxylation is 1. The topological polar surface area (TPSA) is 45.9 Å². The fourth-order valence-corrected chi connectivity index (χ4v) is 1.51. The number of nitrogens with zero attached hydrogens (tertiary/aromatic N) is 2. The quantitative estimate of drug-likeness (QED) is 0.780. The summed E-state index contributed by atoms with van der Waals surface area (Å²) in [6.45, 7) is 1.53. The lowest BCUT2D eigenvalue weighted by Crippen LogP contribution is -2.09. The van der Waals surface area contributed by atoms with Gasteiger partial charge in [0.1, 0.15) is 28.9 Å². The van der Waals surface area contributed by atoms with E-state index in [0.29, 0.717) is 11.6 Å². The van der Waals surface area contributed by atoms with Gasteiger partial charge in [0.05, 0.1) is 0 Å². The number of alkyl halides is 3. The highest BCUT2D eigenvalue weighted by Gasteiger charge is 2.33. The number of aromatic nitrogens is 1. The Hall–Kier alpha value is -2.62. The van der Waals surface area contributed by atoms with E-state index >= 15 is 0 Å². The van der Waals surface area contributed by atoms with Crippen LogP contribution in [0.2, 0.25) is 0 Å². The molecule has 1 aromatic heterocycles. The molecule has 21 heavy (non-hydrogen) atoms. The van der Waals surface area contributed by atoms with E-state index in [-0.39, 0.29) is 11.3 Å². The maximum atomic E-state index is 13.4. The van der Waals surface area contributed by atoms with Crippen LogP contribution in [0.4, 0.5) is 17.6 Å². The summed E-state index contributed by atoms with van der Waals surface area (Å²) < 4.78 is 56.3. The normalized spacial score (nSPS) is 11.0. The Labute approximate surface area is 117 Å². The van der Waals surface area contributed by atoms with Crippen LogP contribution in [0.25, 0.3) is 0 Å². The first-order chi connectivity index (χ1) is 9.81. The third-order valence-corrected chi connectivity index (χ3v) is 2.63. The Morgan fingerprint density at radius 3 is 2.48 bits per heavy atom. The summed E-state index contributed by atoms with van der Waals surface area (Å²) in [7, 11) is 0. The van der Waals surface area contributed by atoms with Gasteiger partial charge in [0.15, 0.2) is 0 Å². The van der Waals surface area contributed by atoms with Crippen LogP contribution in [-0.2, 0) is 6.18 Å². The maximum Gasteiger partial charge on any atom is 0.433 e. The van der Waals surface area contributed by atoms with Gasteiger partial charge in [-0.05, 0) is 30.7 Å². The largest absolute Gasteiger partial charge is 0.438 e. The first-order valence-electron chi connectivity index (χ1n) is 5.73. The minimum Gasteiger partial charge on any atom is -0.438 e. The van der Waals surface area contributed by atoms with Gasteiger partial charge >= 0.3 is 6.18 Å². The highest BCUT2D eigenvalue weighted by Crippen LogP contribution is 2.31. The average molecular weight is 296 g/mol. The maximum absolute atomic E-state index is 13.4. The number of pyridine rings is 1. The molecule has 1 heterocycles. The van der Waals surface area contributed by atoms with Crippen molar-refractivity contribution in [3.63, 3.8) is 0 Å². The van der Waals surface area contributed by atoms with E-state index in [0.717, 1.165) is 12.1 Å². The first kappa shape index (κ1) is 14.8. The SMILES string of the molecule is Cc1ccc(Oc2nc(C(F)(F)F)ccc2C#N)cc1F. The lowest BCUT2D eigenvalue weighted by molar-refractivity contribution is -0.141. The molecule has 0 aliphatic carbocycles. The number of ether oxygens (including phenoxy) is 1. The average Bonchev–Trinajstić information content (AvgIpc) is 2.42. The Bertz CT molecular complexity index is 720. The molecule has 0 radical (unpaired) electrons. The molecule has 3 nitrogen and oxygen atoms in total. The standard InChI is InChI=1S/C14H8F4N2O/c1-8-2-4-10(6-11(8)15)21-13-9(7-19)3-5-12(20-13)14(16,17)18/h2-6H,1H3. The van der Waals surface area contributed by atoms with E-state index in [9.17, 15) is 17.6 Å². The molecule has 108 valence electrons. The zero-order valence-corrected chi connectivity index (χ0v) is 10.7. The lowest BCUT2D eigenvalue weighted by Gasteiger charge is -2.10. The predicted molar refractivity (Wildman–Crippen MR) is 65.2 cm³/mol. The third kappa shape index (κ3) is 3.28. The fourth-order valence-electron chi connectivity index (χ4n) is 1.51. The molecular formula is C14H8F4N2O. The summed E-state index contributed by atoms with van der Waals surface area (Å²) >= 11 is 0. The molecule has 0 N–H and O–H groups in total. The van der Waals surface area contributed by atoms with Crippen LogP contribution in [0, 0.1) is 24.1 Å². The number of hydrogen-bond donors (Lipinski definition) is 0. The van der Waals surface area contributed by atoms with Crippen LogP contribution in [0.5, 0.6) is 11.6 Å². The summed E-state index contributed by atoms with van der Waals surface area (Å²) in [5, 5.41) is 8.86. The predicted octanol–water partition coefficient (Wildman–Crippen LogP) is 4.21. The van der Waals surface area contributed by atoms with Gasteiger partial charge in [-0.15, -0.1) is 0 Å². The van der Waals surface area contributed by atoms with Crippen molar-refractivity contribution in [3.05, 3.63) is 53.0 Å². The fraction of sp³-hybridized carbons (Fsp3) is 0.143.